The summed E-state index contributed by atoms with van der Waals surface area (Å²) in [5, 5.41) is 0. The highest BCUT2D eigenvalue weighted by Crippen LogP contribution is 2.07. The van der Waals surface area contributed by atoms with E-state index in [-0.39, 0.29) is 13.2 Å². The van der Waals surface area contributed by atoms with Crippen LogP contribution in [0.25, 0.3) is 0 Å². The van der Waals surface area contributed by atoms with E-state index in [1.165, 1.54) is 0 Å². The molecule has 1 aromatic rings. The van der Waals surface area contributed by atoms with E-state index in [1.54, 1.807) is 24.3 Å². The first kappa shape index (κ1) is 15.6. The molecule has 0 bridgehead atoms. The number of ketones is 2. The number of carbonyl (C=O) groups is 4. The Morgan fingerprint density at radius 2 is 1.05 bits per heavy atom. The number of benzene rings is 1. The fraction of sp³-hybridized carbons (Fsp3) is 0.286. The van der Waals surface area contributed by atoms with Crippen molar-refractivity contribution < 1.29 is 28.7 Å². The number of esters is 2. The number of hydrogen-bond donors (Lipinski definition) is 0. The van der Waals surface area contributed by atoms with Crippen molar-refractivity contribution in [1.82, 2.24) is 0 Å². The first-order valence-corrected chi connectivity index (χ1v) is 5.83. The number of ether oxygens (including phenoxy) is 2. The zero-order chi connectivity index (χ0) is 15.1. The Morgan fingerprint density at radius 3 is 1.30 bits per heavy atom. The van der Waals surface area contributed by atoms with Gasteiger partial charge in [-0.2, -0.15) is 0 Å². The van der Waals surface area contributed by atoms with E-state index in [2.05, 4.69) is 0 Å². The molecule has 0 atom stereocenters. The molecule has 0 spiro atoms. The molecule has 0 saturated carbocycles. The molecule has 0 heterocycles. The largest absolute Gasteiger partial charge is 0.455 e. The minimum Gasteiger partial charge on any atom is -0.455 e. The zero-order valence-corrected chi connectivity index (χ0v) is 11.2. The minimum atomic E-state index is -0.885. The summed E-state index contributed by atoms with van der Waals surface area (Å²) < 4.78 is 9.48. The van der Waals surface area contributed by atoms with Crippen LogP contribution in [0.15, 0.2) is 24.3 Å². The maximum atomic E-state index is 11.0. The van der Waals surface area contributed by atoms with E-state index in [4.69, 9.17) is 9.47 Å². The number of Topliss-reactive ketones (excluding diaryl/α,β-unsaturated/α-hetero) is 2. The molecule has 0 fully saturated rings. The van der Waals surface area contributed by atoms with Crippen molar-refractivity contribution in [2.45, 2.75) is 27.1 Å². The summed E-state index contributed by atoms with van der Waals surface area (Å²) in [4.78, 5) is 43.3. The van der Waals surface area contributed by atoms with Gasteiger partial charge in [0.2, 0.25) is 11.6 Å². The Labute approximate surface area is 115 Å². The maximum absolute atomic E-state index is 11.0. The smallest absolute Gasteiger partial charge is 0.374 e. The van der Waals surface area contributed by atoms with Gasteiger partial charge in [-0.3, -0.25) is 9.59 Å². The second kappa shape index (κ2) is 7.18. The van der Waals surface area contributed by atoms with E-state index in [9.17, 15) is 19.2 Å². The van der Waals surface area contributed by atoms with Gasteiger partial charge in [0.1, 0.15) is 13.2 Å². The molecule has 1 aromatic carbocycles. The average Bonchev–Trinajstić information content (AvgIpc) is 2.42. The summed E-state index contributed by atoms with van der Waals surface area (Å²) in [6.07, 6.45) is 0. The lowest BCUT2D eigenvalue weighted by Gasteiger charge is -2.05. The van der Waals surface area contributed by atoms with Crippen LogP contribution in [0.5, 0.6) is 0 Å². The van der Waals surface area contributed by atoms with Crippen LogP contribution in [0.4, 0.5) is 0 Å². The molecule has 6 heteroatoms. The summed E-state index contributed by atoms with van der Waals surface area (Å²) in [5.74, 6) is -3.08. The van der Waals surface area contributed by atoms with Gasteiger partial charge in [-0.15, -0.1) is 0 Å². The van der Waals surface area contributed by atoms with Crippen molar-refractivity contribution in [2.24, 2.45) is 0 Å². The average molecular weight is 278 g/mol. The number of hydrogen-bond acceptors (Lipinski definition) is 6. The second-order valence-corrected chi connectivity index (χ2v) is 4.08. The predicted molar refractivity (Wildman–Crippen MR) is 67.4 cm³/mol. The fourth-order valence-corrected chi connectivity index (χ4v) is 1.23. The van der Waals surface area contributed by atoms with Crippen molar-refractivity contribution in [1.29, 1.82) is 0 Å². The third-order valence-corrected chi connectivity index (χ3v) is 2.34. The highest BCUT2D eigenvalue weighted by atomic mass is 16.5. The fourth-order valence-electron chi connectivity index (χ4n) is 1.23. The molecule has 0 radical (unpaired) electrons. The van der Waals surface area contributed by atoms with Gasteiger partial charge in [-0.05, 0) is 11.1 Å². The van der Waals surface area contributed by atoms with Gasteiger partial charge in [0.05, 0.1) is 0 Å². The maximum Gasteiger partial charge on any atom is 0.374 e. The topological polar surface area (TPSA) is 86.7 Å². The Balaban J connectivity index is 2.48. The quantitative estimate of drug-likeness (QED) is 0.569. The van der Waals surface area contributed by atoms with Gasteiger partial charge < -0.3 is 9.47 Å². The Hall–Kier alpha value is -2.50. The molecule has 0 N–H and O–H groups in total. The van der Waals surface area contributed by atoms with Gasteiger partial charge in [-0.25, -0.2) is 9.59 Å². The summed E-state index contributed by atoms with van der Waals surface area (Å²) in [6, 6.07) is 6.68. The molecule has 0 amide bonds. The van der Waals surface area contributed by atoms with Crippen molar-refractivity contribution in [3.05, 3.63) is 35.4 Å². The molecule has 0 aliphatic heterocycles. The normalized spacial score (nSPS) is 9.70. The molecular weight excluding hydrogens is 264 g/mol. The molecule has 20 heavy (non-hydrogen) atoms. The summed E-state index contributed by atoms with van der Waals surface area (Å²) >= 11 is 0. The van der Waals surface area contributed by atoms with Crippen LogP contribution in [0, 0.1) is 0 Å². The molecular formula is C14H14O6. The van der Waals surface area contributed by atoms with E-state index in [0.717, 1.165) is 13.8 Å². The number of carbonyl (C=O) groups excluding carboxylic acids is 4. The summed E-state index contributed by atoms with van der Waals surface area (Å²) in [7, 11) is 0. The van der Waals surface area contributed by atoms with Crippen LogP contribution in [0.1, 0.15) is 25.0 Å². The lowest BCUT2D eigenvalue weighted by atomic mass is 10.1. The standard InChI is InChI=1S/C14H14O6/c1-9(15)13(17)19-7-11-3-5-12(6-4-11)8-20-14(18)10(2)16/h3-6H,7-8H2,1-2H3. The van der Waals surface area contributed by atoms with Crippen molar-refractivity contribution in [3.8, 4) is 0 Å². The monoisotopic (exact) mass is 278 g/mol. The Kier molecular flexibility index (Phi) is 5.58. The molecule has 0 saturated heterocycles. The molecule has 0 unspecified atom stereocenters. The zero-order valence-electron chi connectivity index (χ0n) is 11.2. The SMILES string of the molecule is CC(=O)C(=O)OCc1ccc(COC(=O)C(C)=O)cc1. The van der Waals surface area contributed by atoms with Gasteiger partial charge in [-0.1, -0.05) is 24.3 Å². The van der Waals surface area contributed by atoms with Crippen LogP contribution in [0.3, 0.4) is 0 Å². The van der Waals surface area contributed by atoms with E-state index >= 15 is 0 Å². The van der Waals surface area contributed by atoms with Gasteiger partial charge in [0.25, 0.3) is 0 Å². The number of rotatable bonds is 6. The predicted octanol–water partition coefficient (Wildman–Crippen LogP) is 0.951. The molecule has 0 aliphatic carbocycles. The lowest BCUT2D eigenvalue weighted by Crippen LogP contribution is -2.14. The summed E-state index contributed by atoms with van der Waals surface area (Å²) in [6.45, 7) is 2.25. The van der Waals surface area contributed by atoms with Crippen molar-refractivity contribution in [3.63, 3.8) is 0 Å². The van der Waals surface area contributed by atoms with Crippen LogP contribution >= 0.6 is 0 Å². The third-order valence-electron chi connectivity index (χ3n) is 2.34. The van der Waals surface area contributed by atoms with Gasteiger partial charge in [0.15, 0.2) is 0 Å². The van der Waals surface area contributed by atoms with Gasteiger partial charge >= 0.3 is 11.9 Å². The van der Waals surface area contributed by atoms with Crippen LogP contribution in [-0.2, 0) is 41.9 Å². The van der Waals surface area contributed by atoms with Crippen LogP contribution in [0.2, 0.25) is 0 Å². The van der Waals surface area contributed by atoms with Crippen molar-refractivity contribution >= 4 is 23.5 Å². The minimum absolute atomic E-state index is 0.00801. The molecule has 6 nitrogen and oxygen atoms in total. The highest BCUT2D eigenvalue weighted by molar-refractivity contribution is 6.32. The van der Waals surface area contributed by atoms with E-state index in [1.807, 2.05) is 0 Å². The first-order valence-electron chi connectivity index (χ1n) is 5.83. The Bertz CT molecular complexity index is 480. The second-order valence-electron chi connectivity index (χ2n) is 4.08. The van der Waals surface area contributed by atoms with Gasteiger partial charge in [0, 0.05) is 13.8 Å². The molecule has 0 aliphatic rings. The summed E-state index contributed by atoms with van der Waals surface area (Å²) in [5.41, 5.74) is 1.39. The lowest BCUT2D eigenvalue weighted by molar-refractivity contribution is -0.154. The van der Waals surface area contributed by atoms with Crippen molar-refractivity contribution in [2.75, 3.05) is 0 Å². The molecule has 106 valence electrons. The molecule has 1 rings (SSSR count). The van der Waals surface area contributed by atoms with E-state index < -0.39 is 23.5 Å². The van der Waals surface area contributed by atoms with Crippen LogP contribution in [-0.4, -0.2) is 23.5 Å². The van der Waals surface area contributed by atoms with Crippen LogP contribution < -0.4 is 0 Å². The molecule has 0 aromatic heterocycles. The highest BCUT2D eigenvalue weighted by Gasteiger charge is 2.10. The third kappa shape index (κ3) is 5.01. The van der Waals surface area contributed by atoms with E-state index in [0.29, 0.717) is 11.1 Å². The first-order chi connectivity index (χ1) is 9.40. The Morgan fingerprint density at radius 1 is 0.750 bits per heavy atom.